The van der Waals surface area contributed by atoms with Crippen molar-refractivity contribution in [3.8, 4) is 22.7 Å². The van der Waals surface area contributed by atoms with Crippen molar-refractivity contribution in [2.45, 2.75) is 13.0 Å². The standard InChI is InChI=1S/C28H21F2N7O2/c1-15(26-34-19-11-7-6-10-17(19)28(38)36(26)16-8-4-3-5-9-16)37-27-21(25(31)32-14-33-27)24(35-37)18-12-13-20(39-2)23(30)22(18)29/h3-15H,1-2H3,(H2,31,32,33)/t15-/m0/s1. The first kappa shape index (κ1) is 24.2. The first-order valence-corrected chi connectivity index (χ1v) is 12.0. The molecular formula is C28H21F2N7O2. The van der Waals surface area contributed by atoms with E-state index >= 15 is 4.39 Å². The number of hydrogen-bond donors (Lipinski definition) is 1. The van der Waals surface area contributed by atoms with Crippen molar-refractivity contribution >= 4 is 27.8 Å². The number of methoxy groups -OCH3 is 1. The molecule has 3 aromatic carbocycles. The molecule has 0 spiro atoms. The van der Waals surface area contributed by atoms with E-state index in [9.17, 15) is 9.18 Å². The smallest absolute Gasteiger partial charge is 0.266 e. The minimum Gasteiger partial charge on any atom is -0.494 e. The van der Waals surface area contributed by atoms with Gasteiger partial charge in [-0.25, -0.2) is 24.0 Å². The summed E-state index contributed by atoms with van der Waals surface area (Å²) in [5.41, 5.74) is 7.22. The highest BCUT2D eigenvalue weighted by Gasteiger charge is 2.27. The number of hydrogen-bond acceptors (Lipinski definition) is 7. The Labute approximate surface area is 220 Å². The maximum absolute atomic E-state index is 15.2. The molecule has 9 nitrogen and oxygen atoms in total. The summed E-state index contributed by atoms with van der Waals surface area (Å²) in [6, 6.07) is 18.1. The quantitative estimate of drug-likeness (QED) is 0.348. The number of nitrogens with zero attached hydrogens (tertiary/aromatic N) is 6. The molecular weight excluding hydrogens is 504 g/mol. The van der Waals surface area contributed by atoms with E-state index in [4.69, 9.17) is 15.5 Å². The van der Waals surface area contributed by atoms with Gasteiger partial charge in [0.05, 0.1) is 29.1 Å². The van der Waals surface area contributed by atoms with E-state index in [-0.39, 0.29) is 39.4 Å². The van der Waals surface area contributed by atoms with Crippen molar-refractivity contribution in [1.29, 1.82) is 0 Å². The third-order valence-electron chi connectivity index (χ3n) is 6.60. The summed E-state index contributed by atoms with van der Waals surface area (Å²) in [5, 5.41) is 5.32. The van der Waals surface area contributed by atoms with E-state index in [1.807, 2.05) is 18.2 Å². The molecule has 0 unspecified atom stereocenters. The number of ether oxygens (including phenoxy) is 1. The minimum atomic E-state index is -1.16. The Morgan fingerprint density at radius 2 is 1.69 bits per heavy atom. The maximum atomic E-state index is 15.2. The van der Waals surface area contributed by atoms with Gasteiger partial charge in [0.25, 0.3) is 5.56 Å². The second-order valence-corrected chi connectivity index (χ2v) is 8.83. The molecule has 0 radical (unpaired) electrons. The lowest BCUT2D eigenvalue weighted by atomic mass is 10.1. The molecule has 0 aliphatic heterocycles. The van der Waals surface area contributed by atoms with E-state index in [0.29, 0.717) is 22.4 Å². The molecule has 6 aromatic rings. The summed E-state index contributed by atoms with van der Waals surface area (Å²) < 4.78 is 37.8. The average Bonchev–Trinajstić information content (AvgIpc) is 3.35. The number of anilines is 1. The van der Waals surface area contributed by atoms with Gasteiger partial charge >= 0.3 is 0 Å². The van der Waals surface area contributed by atoms with Crippen LogP contribution >= 0.6 is 0 Å². The fraction of sp³-hybridized carbons (Fsp3) is 0.107. The van der Waals surface area contributed by atoms with E-state index in [2.05, 4.69) is 15.1 Å². The van der Waals surface area contributed by atoms with E-state index in [0.717, 1.165) is 0 Å². The van der Waals surface area contributed by atoms with Crippen LogP contribution in [0.5, 0.6) is 5.75 Å². The molecule has 39 heavy (non-hydrogen) atoms. The maximum Gasteiger partial charge on any atom is 0.266 e. The Morgan fingerprint density at radius 1 is 0.949 bits per heavy atom. The van der Waals surface area contributed by atoms with Crippen LogP contribution in [-0.4, -0.2) is 36.4 Å². The van der Waals surface area contributed by atoms with Crippen molar-refractivity contribution < 1.29 is 13.5 Å². The number of nitrogens with two attached hydrogens (primary N) is 1. The molecule has 6 rings (SSSR count). The fourth-order valence-electron chi connectivity index (χ4n) is 4.69. The fourth-order valence-corrected chi connectivity index (χ4v) is 4.69. The molecule has 0 aliphatic rings. The van der Waals surface area contributed by atoms with Gasteiger partial charge < -0.3 is 10.5 Å². The van der Waals surface area contributed by atoms with Crippen molar-refractivity contribution in [3.05, 3.63) is 101 Å². The molecule has 3 heterocycles. The Morgan fingerprint density at radius 3 is 2.46 bits per heavy atom. The lowest BCUT2D eigenvalue weighted by molar-refractivity contribution is 0.372. The molecule has 1 atom stereocenters. The predicted molar refractivity (Wildman–Crippen MR) is 143 cm³/mol. The highest BCUT2D eigenvalue weighted by Crippen LogP contribution is 2.36. The zero-order chi connectivity index (χ0) is 27.3. The Hall–Kier alpha value is -5.19. The lowest BCUT2D eigenvalue weighted by Gasteiger charge is -2.19. The van der Waals surface area contributed by atoms with Crippen LogP contribution in [-0.2, 0) is 0 Å². The number of rotatable bonds is 5. The Kier molecular flexibility index (Phi) is 5.75. The van der Waals surface area contributed by atoms with Crippen LogP contribution in [0.2, 0.25) is 0 Å². The van der Waals surface area contributed by atoms with Crippen LogP contribution in [0.4, 0.5) is 14.6 Å². The largest absolute Gasteiger partial charge is 0.494 e. The van der Waals surface area contributed by atoms with Crippen molar-refractivity contribution in [3.63, 3.8) is 0 Å². The molecule has 3 aromatic heterocycles. The van der Waals surface area contributed by atoms with Gasteiger partial charge in [0.2, 0.25) is 5.82 Å². The highest BCUT2D eigenvalue weighted by molar-refractivity contribution is 5.98. The van der Waals surface area contributed by atoms with Gasteiger partial charge in [-0.05, 0) is 43.3 Å². The van der Waals surface area contributed by atoms with Crippen LogP contribution in [0.1, 0.15) is 18.8 Å². The molecule has 11 heteroatoms. The first-order chi connectivity index (χ1) is 18.9. The van der Waals surface area contributed by atoms with Gasteiger partial charge in [-0.2, -0.15) is 9.49 Å². The topological polar surface area (TPSA) is 114 Å². The average molecular weight is 526 g/mol. The number of fused-ring (bicyclic) bond motifs is 2. The Bertz CT molecular complexity index is 1940. The van der Waals surface area contributed by atoms with Crippen molar-refractivity contribution in [1.82, 2.24) is 29.3 Å². The molecule has 0 amide bonds. The molecule has 2 N–H and O–H groups in total. The molecule has 194 valence electrons. The molecule has 0 bridgehead atoms. The SMILES string of the molecule is COc1ccc(-c2nn([C@@H](C)c3nc4ccccc4c(=O)n3-c3ccccc3)c3ncnc(N)c23)c(F)c1F. The summed E-state index contributed by atoms with van der Waals surface area (Å²) in [4.78, 5) is 27.0. The van der Waals surface area contributed by atoms with Crippen LogP contribution in [0, 0.1) is 11.6 Å². The van der Waals surface area contributed by atoms with Gasteiger partial charge in [0.15, 0.2) is 17.2 Å². The summed E-state index contributed by atoms with van der Waals surface area (Å²) in [5.74, 6) is -2.16. The summed E-state index contributed by atoms with van der Waals surface area (Å²) in [6.07, 6.45) is 1.26. The second kappa shape index (κ2) is 9.28. The number of halogens is 2. The Balaban J connectivity index is 1.64. The number of aromatic nitrogens is 6. The first-order valence-electron chi connectivity index (χ1n) is 12.0. The lowest BCUT2D eigenvalue weighted by Crippen LogP contribution is -2.27. The van der Waals surface area contributed by atoms with Gasteiger partial charge in [0, 0.05) is 5.56 Å². The molecule has 0 aliphatic carbocycles. The number of nitrogen functional groups attached to an aromatic ring is 1. The van der Waals surface area contributed by atoms with E-state index < -0.39 is 17.7 Å². The van der Waals surface area contributed by atoms with Gasteiger partial charge in [-0.3, -0.25) is 9.36 Å². The van der Waals surface area contributed by atoms with Crippen LogP contribution in [0.15, 0.2) is 77.9 Å². The van der Waals surface area contributed by atoms with Crippen molar-refractivity contribution in [2.24, 2.45) is 0 Å². The van der Waals surface area contributed by atoms with E-state index in [1.54, 1.807) is 43.3 Å². The minimum absolute atomic E-state index is 0.0380. The van der Waals surface area contributed by atoms with Crippen LogP contribution in [0.25, 0.3) is 38.9 Å². The van der Waals surface area contributed by atoms with Crippen LogP contribution < -0.4 is 16.0 Å². The van der Waals surface area contributed by atoms with E-state index in [1.165, 1.54) is 34.8 Å². The number of para-hydroxylation sites is 2. The monoisotopic (exact) mass is 525 g/mol. The summed E-state index contributed by atoms with van der Waals surface area (Å²) in [7, 11) is 1.25. The second-order valence-electron chi connectivity index (χ2n) is 8.83. The molecule has 0 saturated heterocycles. The summed E-state index contributed by atoms with van der Waals surface area (Å²) in [6.45, 7) is 1.79. The van der Waals surface area contributed by atoms with Gasteiger partial charge in [-0.15, -0.1) is 0 Å². The number of benzene rings is 3. The molecule has 0 fully saturated rings. The van der Waals surface area contributed by atoms with Gasteiger partial charge in [0.1, 0.15) is 29.7 Å². The zero-order valence-corrected chi connectivity index (χ0v) is 20.8. The predicted octanol–water partition coefficient (Wildman–Crippen LogP) is 4.67. The zero-order valence-electron chi connectivity index (χ0n) is 20.8. The normalized spacial score (nSPS) is 12.2. The summed E-state index contributed by atoms with van der Waals surface area (Å²) >= 11 is 0. The van der Waals surface area contributed by atoms with Crippen LogP contribution in [0.3, 0.4) is 0 Å². The van der Waals surface area contributed by atoms with Crippen molar-refractivity contribution in [2.75, 3.05) is 12.8 Å². The highest BCUT2D eigenvalue weighted by atomic mass is 19.2. The third-order valence-corrected chi connectivity index (χ3v) is 6.60. The van der Waals surface area contributed by atoms with Gasteiger partial charge in [-0.1, -0.05) is 30.3 Å². The third kappa shape index (κ3) is 3.78. The molecule has 0 saturated carbocycles.